The van der Waals surface area contributed by atoms with Crippen LogP contribution in [0.1, 0.15) is 34.3 Å². The Balaban J connectivity index is 1.19. The van der Waals surface area contributed by atoms with Gasteiger partial charge in [0, 0.05) is 28.3 Å². The van der Waals surface area contributed by atoms with Crippen LogP contribution in [0.15, 0.2) is 72.8 Å². The van der Waals surface area contributed by atoms with Crippen molar-refractivity contribution in [1.82, 2.24) is 15.0 Å². The van der Waals surface area contributed by atoms with Crippen molar-refractivity contribution in [2.75, 3.05) is 33.5 Å². The SMILES string of the molecule is Nc1ccccc1NC(=O)c1ccc(CNc2nc(NCCc3ccc(I)cc3)nc(NC3CC3)n2)cc1. The molecule has 0 bridgehead atoms. The number of halogens is 1. The number of hydrogen-bond donors (Lipinski definition) is 5. The number of aromatic nitrogens is 3. The molecule has 194 valence electrons. The molecule has 1 amide bonds. The third-order valence-corrected chi connectivity index (χ3v) is 6.75. The van der Waals surface area contributed by atoms with Crippen LogP contribution in [0.25, 0.3) is 0 Å². The lowest BCUT2D eigenvalue weighted by atomic mass is 10.1. The van der Waals surface area contributed by atoms with Gasteiger partial charge in [-0.05, 0) is 89.4 Å². The third kappa shape index (κ3) is 7.31. The van der Waals surface area contributed by atoms with Crippen LogP contribution in [0.3, 0.4) is 0 Å². The number of rotatable bonds is 11. The van der Waals surface area contributed by atoms with Crippen molar-refractivity contribution in [2.45, 2.75) is 31.8 Å². The van der Waals surface area contributed by atoms with Crippen LogP contribution in [-0.2, 0) is 13.0 Å². The molecule has 3 aromatic carbocycles. The van der Waals surface area contributed by atoms with Gasteiger partial charge in [0.05, 0.1) is 11.4 Å². The summed E-state index contributed by atoms with van der Waals surface area (Å²) in [6.45, 7) is 1.22. The summed E-state index contributed by atoms with van der Waals surface area (Å²) >= 11 is 2.31. The van der Waals surface area contributed by atoms with Crippen molar-refractivity contribution in [3.05, 3.63) is 93.1 Å². The summed E-state index contributed by atoms with van der Waals surface area (Å²) in [5.74, 6) is 1.37. The topological polar surface area (TPSA) is 130 Å². The van der Waals surface area contributed by atoms with E-state index < -0.39 is 0 Å². The van der Waals surface area contributed by atoms with E-state index in [4.69, 9.17) is 5.73 Å². The highest BCUT2D eigenvalue weighted by atomic mass is 127. The maximum absolute atomic E-state index is 12.6. The van der Waals surface area contributed by atoms with Gasteiger partial charge in [-0.2, -0.15) is 15.0 Å². The van der Waals surface area contributed by atoms with Gasteiger partial charge in [-0.25, -0.2) is 0 Å². The fourth-order valence-corrected chi connectivity index (χ4v) is 4.10. The largest absolute Gasteiger partial charge is 0.397 e. The fraction of sp³-hybridized carbons (Fsp3) is 0.214. The Hall–Kier alpha value is -3.93. The number of nitrogens with zero attached hydrogens (tertiary/aromatic N) is 3. The van der Waals surface area contributed by atoms with Gasteiger partial charge in [-0.3, -0.25) is 4.79 Å². The molecule has 0 aliphatic heterocycles. The second kappa shape index (κ2) is 12.1. The Morgan fingerprint density at radius 2 is 1.50 bits per heavy atom. The molecule has 0 atom stereocenters. The Labute approximate surface area is 235 Å². The molecule has 1 aromatic heterocycles. The van der Waals surface area contributed by atoms with Gasteiger partial charge in [0.25, 0.3) is 5.91 Å². The molecular weight excluding hydrogens is 591 g/mol. The van der Waals surface area contributed by atoms with E-state index in [0.29, 0.717) is 53.9 Å². The summed E-state index contributed by atoms with van der Waals surface area (Å²) in [4.78, 5) is 26.2. The predicted molar refractivity (Wildman–Crippen MR) is 160 cm³/mol. The molecule has 9 nitrogen and oxygen atoms in total. The molecule has 0 spiro atoms. The molecule has 10 heteroatoms. The highest BCUT2D eigenvalue weighted by Crippen LogP contribution is 2.24. The van der Waals surface area contributed by atoms with Gasteiger partial charge < -0.3 is 27.0 Å². The predicted octanol–water partition coefficient (Wildman–Crippen LogP) is 5.15. The number of amides is 1. The van der Waals surface area contributed by atoms with Crippen LogP contribution < -0.4 is 27.0 Å². The number of carbonyl (C=O) groups is 1. The van der Waals surface area contributed by atoms with Gasteiger partial charge in [-0.15, -0.1) is 0 Å². The Kier molecular flexibility index (Phi) is 8.17. The first-order valence-electron chi connectivity index (χ1n) is 12.5. The van der Waals surface area contributed by atoms with E-state index in [2.05, 4.69) is 83.1 Å². The molecule has 1 fully saturated rings. The lowest BCUT2D eigenvalue weighted by Gasteiger charge is -2.12. The van der Waals surface area contributed by atoms with Crippen molar-refractivity contribution in [3.8, 4) is 0 Å². The summed E-state index contributed by atoms with van der Waals surface area (Å²) in [5, 5.41) is 12.8. The maximum Gasteiger partial charge on any atom is 0.255 e. The minimum Gasteiger partial charge on any atom is -0.397 e. The average Bonchev–Trinajstić information content (AvgIpc) is 3.74. The first-order valence-corrected chi connectivity index (χ1v) is 13.6. The first-order chi connectivity index (χ1) is 18.5. The summed E-state index contributed by atoms with van der Waals surface area (Å²) in [5.41, 5.74) is 9.84. The lowest BCUT2D eigenvalue weighted by molar-refractivity contribution is 0.102. The Morgan fingerprint density at radius 1 is 0.842 bits per heavy atom. The van der Waals surface area contributed by atoms with Crippen LogP contribution in [0.2, 0.25) is 0 Å². The van der Waals surface area contributed by atoms with Crippen molar-refractivity contribution in [2.24, 2.45) is 0 Å². The van der Waals surface area contributed by atoms with E-state index in [9.17, 15) is 4.79 Å². The number of hydrogen-bond acceptors (Lipinski definition) is 8. The van der Waals surface area contributed by atoms with Crippen molar-refractivity contribution >= 4 is 57.7 Å². The smallest absolute Gasteiger partial charge is 0.255 e. The molecule has 0 saturated heterocycles. The number of nitrogens with one attached hydrogen (secondary N) is 4. The van der Waals surface area contributed by atoms with Gasteiger partial charge in [-0.1, -0.05) is 36.4 Å². The Morgan fingerprint density at radius 3 is 2.21 bits per heavy atom. The summed E-state index contributed by atoms with van der Waals surface area (Å²) in [7, 11) is 0. The first kappa shape index (κ1) is 25.7. The van der Waals surface area contributed by atoms with Gasteiger partial charge in [0.15, 0.2) is 0 Å². The number of carbonyl (C=O) groups excluding carboxylic acids is 1. The number of anilines is 5. The van der Waals surface area contributed by atoms with Gasteiger partial charge in [0.1, 0.15) is 0 Å². The quantitative estimate of drug-likeness (QED) is 0.115. The lowest BCUT2D eigenvalue weighted by Crippen LogP contribution is -2.15. The highest BCUT2D eigenvalue weighted by molar-refractivity contribution is 14.1. The Bertz CT molecular complexity index is 1390. The van der Waals surface area contributed by atoms with E-state index in [1.807, 2.05) is 24.3 Å². The van der Waals surface area contributed by atoms with E-state index in [1.54, 1.807) is 24.3 Å². The second-order valence-electron chi connectivity index (χ2n) is 9.12. The van der Waals surface area contributed by atoms with Crippen LogP contribution in [0.5, 0.6) is 0 Å². The van der Waals surface area contributed by atoms with Crippen LogP contribution in [0.4, 0.5) is 29.2 Å². The normalized spacial score (nSPS) is 12.6. The van der Waals surface area contributed by atoms with E-state index >= 15 is 0 Å². The molecule has 1 heterocycles. The molecule has 0 unspecified atom stereocenters. The number of nitrogen functional groups attached to an aromatic ring is 1. The third-order valence-electron chi connectivity index (χ3n) is 6.03. The molecule has 38 heavy (non-hydrogen) atoms. The summed E-state index contributed by atoms with van der Waals surface area (Å²) < 4.78 is 1.22. The van der Waals surface area contributed by atoms with Crippen LogP contribution in [-0.4, -0.2) is 33.4 Å². The van der Waals surface area contributed by atoms with E-state index in [-0.39, 0.29) is 5.91 Å². The second-order valence-corrected chi connectivity index (χ2v) is 10.4. The monoisotopic (exact) mass is 620 g/mol. The molecular formula is C28H29IN8O. The van der Waals surface area contributed by atoms with Crippen LogP contribution >= 0.6 is 22.6 Å². The minimum absolute atomic E-state index is 0.211. The summed E-state index contributed by atoms with van der Waals surface area (Å²) in [6.07, 6.45) is 3.12. The molecule has 1 saturated carbocycles. The van der Waals surface area contributed by atoms with E-state index in [0.717, 1.165) is 24.8 Å². The number of benzene rings is 3. The summed E-state index contributed by atoms with van der Waals surface area (Å²) in [6, 6.07) is 23.5. The fourth-order valence-electron chi connectivity index (χ4n) is 3.74. The molecule has 6 N–H and O–H groups in total. The zero-order valence-corrected chi connectivity index (χ0v) is 22.9. The zero-order valence-electron chi connectivity index (χ0n) is 20.7. The van der Waals surface area contributed by atoms with E-state index in [1.165, 1.54) is 9.13 Å². The standard InChI is InChI=1S/C28H29IN8O/c29-21-11-7-18(8-12-21)15-16-31-26-35-27(37-28(36-26)33-22-13-14-22)32-17-19-5-9-20(10-6-19)25(38)34-24-4-2-1-3-23(24)30/h1-12,22H,13-17,30H2,(H,34,38)(H3,31,32,33,35,36,37). The number of nitrogens with two attached hydrogens (primary N) is 1. The van der Waals surface area contributed by atoms with Crippen molar-refractivity contribution < 1.29 is 4.79 Å². The average molecular weight is 620 g/mol. The van der Waals surface area contributed by atoms with Gasteiger partial charge >= 0.3 is 0 Å². The number of para-hydroxylation sites is 2. The molecule has 0 radical (unpaired) electrons. The van der Waals surface area contributed by atoms with Gasteiger partial charge in [0.2, 0.25) is 17.8 Å². The molecule has 5 rings (SSSR count). The molecule has 1 aliphatic carbocycles. The highest BCUT2D eigenvalue weighted by Gasteiger charge is 2.22. The van der Waals surface area contributed by atoms with Crippen molar-refractivity contribution in [1.29, 1.82) is 0 Å². The molecule has 1 aliphatic rings. The van der Waals surface area contributed by atoms with Crippen LogP contribution in [0, 0.1) is 3.57 Å². The zero-order chi connectivity index (χ0) is 26.3. The molecule has 4 aromatic rings. The maximum atomic E-state index is 12.6. The van der Waals surface area contributed by atoms with Crippen molar-refractivity contribution in [3.63, 3.8) is 0 Å². The minimum atomic E-state index is -0.211.